The lowest BCUT2D eigenvalue weighted by atomic mass is 9.86. The summed E-state index contributed by atoms with van der Waals surface area (Å²) >= 11 is 0. The highest BCUT2D eigenvalue weighted by atomic mass is 15.3. The number of rotatable bonds is 7. The smallest absolute Gasteiger partial charge is 0.0412 e. The predicted molar refractivity (Wildman–Crippen MR) is 66.1 cm³/mol. The standard InChI is InChI=1S/C12H27N3/c1-4-7-12(13)10-15(11-12)9-8-14(5-2)6-3/h4-11,13H2,1-3H3. The van der Waals surface area contributed by atoms with Gasteiger partial charge in [0.25, 0.3) is 0 Å². The van der Waals surface area contributed by atoms with E-state index in [0.717, 1.165) is 26.2 Å². The van der Waals surface area contributed by atoms with Crippen molar-refractivity contribution in [1.82, 2.24) is 9.80 Å². The van der Waals surface area contributed by atoms with Crippen LogP contribution in [0.4, 0.5) is 0 Å². The summed E-state index contributed by atoms with van der Waals surface area (Å²) in [5, 5.41) is 0. The maximum atomic E-state index is 6.22. The first kappa shape index (κ1) is 12.9. The van der Waals surface area contributed by atoms with Crippen LogP contribution >= 0.6 is 0 Å². The van der Waals surface area contributed by atoms with Crippen LogP contribution in [0.3, 0.4) is 0 Å². The van der Waals surface area contributed by atoms with Gasteiger partial charge in [-0.15, -0.1) is 0 Å². The number of nitrogens with two attached hydrogens (primary N) is 1. The molecule has 15 heavy (non-hydrogen) atoms. The number of hydrogen-bond donors (Lipinski definition) is 1. The fraction of sp³-hybridized carbons (Fsp3) is 1.00. The van der Waals surface area contributed by atoms with E-state index < -0.39 is 0 Å². The normalized spacial score (nSPS) is 20.6. The highest BCUT2D eigenvalue weighted by Gasteiger charge is 2.37. The molecule has 0 amide bonds. The minimum absolute atomic E-state index is 0.137. The summed E-state index contributed by atoms with van der Waals surface area (Å²) in [6.07, 6.45) is 2.38. The van der Waals surface area contributed by atoms with Crippen LogP contribution in [0, 0.1) is 0 Å². The van der Waals surface area contributed by atoms with Gasteiger partial charge in [-0.25, -0.2) is 0 Å². The quantitative estimate of drug-likeness (QED) is 0.688. The van der Waals surface area contributed by atoms with E-state index in [2.05, 4.69) is 30.6 Å². The molecule has 1 saturated heterocycles. The maximum Gasteiger partial charge on any atom is 0.0412 e. The van der Waals surface area contributed by atoms with Crippen LogP contribution in [0.2, 0.25) is 0 Å². The third kappa shape index (κ3) is 3.74. The predicted octanol–water partition coefficient (Wildman–Crippen LogP) is 1.14. The van der Waals surface area contributed by atoms with E-state index in [0.29, 0.717) is 0 Å². The van der Waals surface area contributed by atoms with Crippen LogP contribution in [0.5, 0.6) is 0 Å². The summed E-state index contributed by atoms with van der Waals surface area (Å²) in [5.74, 6) is 0. The molecule has 1 aliphatic heterocycles. The fourth-order valence-electron chi connectivity index (χ4n) is 2.48. The van der Waals surface area contributed by atoms with E-state index in [1.165, 1.54) is 25.9 Å². The summed E-state index contributed by atoms with van der Waals surface area (Å²) in [6.45, 7) is 13.6. The van der Waals surface area contributed by atoms with E-state index in [4.69, 9.17) is 5.73 Å². The van der Waals surface area contributed by atoms with Gasteiger partial charge in [-0.2, -0.15) is 0 Å². The molecule has 0 atom stereocenters. The topological polar surface area (TPSA) is 32.5 Å². The molecule has 0 aromatic rings. The van der Waals surface area contributed by atoms with Gasteiger partial charge in [0.1, 0.15) is 0 Å². The van der Waals surface area contributed by atoms with Gasteiger partial charge in [-0.1, -0.05) is 27.2 Å². The van der Waals surface area contributed by atoms with Crippen LogP contribution in [0.25, 0.3) is 0 Å². The molecule has 3 heteroatoms. The lowest BCUT2D eigenvalue weighted by Gasteiger charge is -2.48. The molecule has 0 spiro atoms. The number of likely N-dealkylation sites (tertiary alicyclic amines) is 1. The SMILES string of the molecule is CCCC1(N)CN(CCN(CC)CC)C1. The molecule has 0 aliphatic carbocycles. The zero-order valence-electron chi connectivity index (χ0n) is 10.6. The zero-order chi connectivity index (χ0) is 11.3. The summed E-state index contributed by atoms with van der Waals surface area (Å²) in [5.41, 5.74) is 6.36. The lowest BCUT2D eigenvalue weighted by molar-refractivity contribution is 0.0546. The molecule has 0 aromatic heterocycles. The second kappa shape index (κ2) is 5.83. The Morgan fingerprint density at radius 3 is 2.27 bits per heavy atom. The highest BCUT2D eigenvalue weighted by molar-refractivity contribution is 4.99. The molecular weight excluding hydrogens is 186 g/mol. The number of nitrogens with zero attached hydrogens (tertiary/aromatic N) is 2. The van der Waals surface area contributed by atoms with Crippen LogP contribution in [-0.2, 0) is 0 Å². The van der Waals surface area contributed by atoms with E-state index in [1.54, 1.807) is 0 Å². The molecule has 3 nitrogen and oxygen atoms in total. The minimum atomic E-state index is 0.137. The Morgan fingerprint density at radius 2 is 1.80 bits per heavy atom. The van der Waals surface area contributed by atoms with Gasteiger partial charge in [-0.05, 0) is 19.5 Å². The first-order chi connectivity index (χ1) is 7.13. The second-order valence-electron chi connectivity index (χ2n) is 4.85. The Hall–Kier alpha value is -0.120. The van der Waals surface area contributed by atoms with Gasteiger partial charge in [0.2, 0.25) is 0 Å². The fourth-order valence-corrected chi connectivity index (χ4v) is 2.48. The molecule has 0 saturated carbocycles. The first-order valence-electron chi connectivity index (χ1n) is 6.37. The van der Waals surface area contributed by atoms with Crippen molar-refractivity contribution in [2.75, 3.05) is 39.3 Å². The second-order valence-corrected chi connectivity index (χ2v) is 4.85. The summed E-state index contributed by atoms with van der Waals surface area (Å²) in [7, 11) is 0. The Balaban J connectivity index is 2.12. The van der Waals surface area contributed by atoms with Crippen molar-refractivity contribution in [2.45, 2.75) is 39.2 Å². The van der Waals surface area contributed by atoms with Crippen molar-refractivity contribution in [3.8, 4) is 0 Å². The Labute approximate surface area is 94.6 Å². The van der Waals surface area contributed by atoms with Gasteiger partial charge in [0.15, 0.2) is 0 Å². The first-order valence-corrected chi connectivity index (χ1v) is 6.37. The largest absolute Gasteiger partial charge is 0.323 e. The van der Waals surface area contributed by atoms with Gasteiger partial charge in [0.05, 0.1) is 0 Å². The van der Waals surface area contributed by atoms with Crippen molar-refractivity contribution >= 4 is 0 Å². The third-order valence-corrected chi connectivity index (χ3v) is 3.45. The molecule has 0 unspecified atom stereocenters. The van der Waals surface area contributed by atoms with E-state index in [1.807, 2.05) is 0 Å². The molecule has 0 bridgehead atoms. The summed E-state index contributed by atoms with van der Waals surface area (Å²) in [6, 6.07) is 0. The van der Waals surface area contributed by atoms with Crippen LogP contribution in [0.15, 0.2) is 0 Å². The van der Waals surface area contributed by atoms with Crippen molar-refractivity contribution < 1.29 is 0 Å². The molecule has 2 N–H and O–H groups in total. The van der Waals surface area contributed by atoms with E-state index in [9.17, 15) is 0 Å². The Kier molecular flexibility index (Phi) is 5.03. The van der Waals surface area contributed by atoms with Crippen LogP contribution in [-0.4, -0.2) is 54.6 Å². The average molecular weight is 213 g/mol. The molecule has 90 valence electrons. The van der Waals surface area contributed by atoms with Gasteiger partial charge in [0, 0.05) is 31.7 Å². The van der Waals surface area contributed by atoms with E-state index >= 15 is 0 Å². The van der Waals surface area contributed by atoms with Crippen molar-refractivity contribution in [3.63, 3.8) is 0 Å². The van der Waals surface area contributed by atoms with Gasteiger partial charge in [-0.3, -0.25) is 4.90 Å². The Bertz CT molecular complexity index is 172. The Morgan fingerprint density at radius 1 is 1.20 bits per heavy atom. The lowest BCUT2D eigenvalue weighted by Crippen LogP contribution is -2.67. The zero-order valence-corrected chi connectivity index (χ0v) is 10.6. The van der Waals surface area contributed by atoms with Crippen LogP contribution < -0.4 is 5.73 Å². The molecule has 0 radical (unpaired) electrons. The molecule has 0 aromatic carbocycles. The highest BCUT2D eigenvalue weighted by Crippen LogP contribution is 2.22. The van der Waals surface area contributed by atoms with Crippen molar-refractivity contribution in [3.05, 3.63) is 0 Å². The molecule has 1 rings (SSSR count). The van der Waals surface area contributed by atoms with Crippen molar-refractivity contribution in [2.24, 2.45) is 5.73 Å². The number of likely N-dealkylation sites (N-methyl/N-ethyl adjacent to an activating group) is 1. The number of hydrogen-bond acceptors (Lipinski definition) is 3. The maximum absolute atomic E-state index is 6.22. The molecule has 1 fully saturated rings. The summed E-state index contributed by atoms with van der Waals surface area (Å²) < 4.78 is 0. The van der Waals surface area contributed by atoms with Crippen LogP contribution in [0.1, 0.15) is 33.6 Å². The molecular formula is C12H27N3. The minimum Gasteiger partial charge on any atom is -0.323 e. The van der Waals surface area contributed by atoms with Gasteiger partial charge < -0.3 is 10.6 Å². The van der Waals surface area contributed by atoms with E-state index in [-0.39, 0.29) is 5.54 Å². The van der Waals surface area contributed by atoms with Gasteiger partial charge >= 0.3 is 0 Å². The molecule has 1 heterocycles. The monoisotopic (exact) mass is 213 g/mol. The third-order valence-electron chi connectivity index (χ3n) is 3.45. The van der Waals surface area contributed by atoms with Crippen molar-refractivity contribution in [1.29, 1.82) is 0 Å². The average Bonchev–Trinajstić information content (AvgIpc) is 2.17. The summed E-state index contributed by atoms with van der Waals surface area (Å²) in [4.78, 5) is 4.95. The molecule has 1 aliphatic rings.